The van der Waals surface area contributed by atoms with E-state index in [4.69, 9.17) is 0 Å². The summed E-state index contributed by atoms with van der Waals surface area (Å²) in [4.78, 5) is 11.6. The Bertz CT molecular complexity index is 1210. The topological polar surface area (TPSA) is 64.9 Å². The number of halogens is 1. The third-order valence-electron chi connectivity index (χ3n) is 8.32. The number of imidazole rings is 1. The van der Waals surface area contributed by atoms with Gasteiger partial charge in [-0.3, -0.25) is 14.7 Å². The van der Waals surface area contributed by atoms with E-state index in [2.05, 4.69) is 44.7 Å². The molecule has 8 nitrogen and oxygen atoms in total. The summed E-state index contributed by atoms with van der Waals surface area (Å²) in [7, 11) is -3.55. The molecule has 4 heterocycles. The van der Waals surface area contributed by atoms with Crippen LogP contribution in [0.5, 0.6) is 0 Å². The molecule has 5 rings (SSSR count). The van der Waals surface area contributed by atoms with Crippen LogP contribution in [0.25, 0.3) is 0 Å². The number of fused-ring (bicyclic) bond motifs is 1. The average Bonchev–Trinajstić information content (AvgIpc) is 3.56. The molecular weight excluding hydrogens is 523 g/mol. The molecule has 1 aromatic heterocycles. The van der Waals surface area contributed by atoms with Gasteiger partial charge in [-0.05, 0) is 50.9 Å². The molecule has 3 aliphatic heterocycles. The summed E-state index contributed by atoms with van der Waals surface area (Å²) < 4.78 is 43.9. The zero-order valence-corrected chi connectivity index (χ0v) is 24.0. The number of piperazine rings is 2. The van der Waals surface area contributed by atoms with E-state index in [9.17, 15) is 12.8 Å². The fourth-order valence-corrected chi connectivity index (χ4v) is 8.54. The molecule has 11 heteroatoms. The van der Waals surface area contributed by atoms with Gasteiger partial charge in [0.2, 0.25) is 10.0 Å². The maximum Gasteiger partial charge on any atom is 0.248 e. The molecule has 3 aliphatic rings. The second-order valence-electron chi connectivity index (χ2n) is 10.8. The van der Waals surface area contributed by atoms with Gasteiger partial charge in [0.15, 0.2) is 0 Å². The zero-order chi connectivity index (χ0) is 26.9. The van der Waals surface area contributed by atoms with Crippen LogP contribution in [-0.4, -0.2) is 101 Å². The van der Waals surface area contributed by atoms with E-state index < -0.39 is 10.0 Å². The molecule has 3 atom stereocenters. The van der Waals surface area contributed by atoms with E-state index in [0.29, 0.717) is 50.7 Å². The van der Waals surface area contributed by atoms with Crippen molar-refractivity contribution in [2.24, 2.45) is 0 Å². The van der Waals surface area contributed by atoms with Crippen molar-refractivity contribution in [2.45, 2.75) is 51.4 Å². The largest absolute Gasteiger partial charge is 0.326 e. The molecule has 0 saturated carbocycles. The van der Waals surface area contributed by atoms with Crippen molar-refractivity contribution < 1.29 is 12.8 Å². The zero-order valence-electron chi connectivity index (χ0n) is 22.4. The van der Waals surface area contributed by atoms with Gasteiger partial charge < -0.3 is 4.57 Å². The molecule has 0 radical (unpaired) electrons. The Kier molecular flexibility index (Phi) is 8.61. The molecule has 3 fully saturated rings. The van der Waals surface area contributed by atoms with Gasteiger partial charge in [0.05, 0.1) is 23.9 Å². The maximum absolute atomic E-state index is 13.3. The minimum atomic E-state index is -3.55. The van der Waals surface area contributed by atoms with Gasteiger partial charge in [-0.15, -0.1) is 0 Å². The van der Waals surface area contributed by atoms with E-state index >= 15 is 0 Å². The number of nitrogens with zero attached hydrogens (tertiary/aromatic N) is 6. The van der Waals surface area contributed by atoms with Crippen molar-refractivity contribution in [3.05, 3.63) is 64.7 Å². The Balaban J connectivity index is 1.12. The molecule has 0 amide bonds. The van der Waals surface area contributed by atoms with Gasteiger partial charge in [0.1, 0.15) is 10.1 Å². The van der Waals surface area contributed by atoms with Crippen LogP contribution in [0.15, 0.2) is 47.6 Å². The summed E-state index contributed by atoms with van der Waals surface area (Å²) in [5, 5.41) is 0. The smallest absolute Gasteiger partial charge is 0.248 e. The lowest BCUT2D eigenvalue weighted by atomic mass is 10.1. The summed E-state index contributed by atoms with van der Waals surface area (Å²) in [5.74, 6) is 0.418. The minimum Gasteiger partial charge on any atom is -0.326 e. The second-order valence-corrected chi connectivity index (χ2v) is 14.0. The first kappa shape index (κ1) is 27.8. The van der Waals surface area contributed by atoms with Crippen molar-refractivity contribution in [1.82, 2.24) is 28.6 Å². The van der Waals surface area contributed by atoms with Gasteiger partial charge >= 0.3 is 0 Å². The van der Waals surface area contributed by atoms with Crippen molar-refractivity contribution >= 4 is 21.8 Å². The highest BCUT2D eigenvalue weighted by Gasteiger charge is 2.35. The third-order valence-corrected chi connectivity index (χ3v) is 11.7. The Hall–Kier alpha value is -1.76. The van der Waals surface area contributed by atoms with Crippen LogP contribution in [0.3, 0.4) is 0 Å². The number of aromatic nitrogens is 2. The van der Waals surface area contributed by atoms with Gasteiger partial charge in [0.25, 0.3) is 0 Å². The van der Waals surface area contributed by atoms with Crippen LogP contribution in [0.2, 0.25) is 0 Å². The van der Waals surface area contributed by atoms with Crippen LogP contribution in [0.4, 0.5) is 4.39 Å². The number of rotatable bonds is 9. The average molecular weight is 563 g/mol. The first-order chi connectivity index (χ1) is 18.2. The van der Waals surface area contributed by atoms with Crippen LogP contribution < -0.4 is 0 Å². The van der Waals surface area contributed by atoms with E-state index in [0.717, 1.165) is 24.3 Å². The molecule has 3 unspecified atom stereocenters. The predicted molar refractivity (Wildman–Crippen MR) is 151 cm³/mol. The standard InChI is InChI=1S/C27H39FN6O2S2/c1-21-16-31-10-4-5-26(31)18-32(21)20-37-23(3)38(35,36)33-13-11-30(12-14-33)17-27-15-29-19-34(27)22(2)24-6-8-25(28)9-7-24/h6-9,15,19,21-22,26H,3-5,10-14,16-18,20H2,1-2H3. The fourth-order valence-electron chi connectivity index (χ4n) is 5.86. The Morgan fingerprint density at radius 2 is 1.89 bits per heavy atom. The Morgan fingerprint density at radius 1 is 1.16 bits per heavy atom. The molecule has 1 aromatic carbocycles. The Labute approximate surface area is 230 Å². The van der Waals surface area contributed by atoms with Crippen molar-refractivity contribution in [1.29, 1.82) is 0 Å². The van der Waals surface area contributed by atoms with Crippen LogP contribution in [-0.2, 0) is 16.6 Å². The highest BCUT2D eigenvalue weighted by Crippen LogP contribution is 2.30. The minimum absolute atomic E-state index is 0.0227. The number of hydrogen-bond acceptors (Lipinski definition) is 7. The molecule has 3 saturated heterocycles. The number of sulfonamides is 1. The Morgan fingerprint density at radius 3 is 2.63 bits per heavy atom. The summed E-state index contributed by atoms with van der Waals surface area (Å²) in [6.45, 7) is 14.4. The fraction of sp³-hybridized carbons (Fsp3) is 0.593. The maximum atomic E-state index is 13.3. The first-order valence-electron chi connectivity index (χ1n) is 13.5. The van der Waals surface area contributed by atoms with E-state index in [1.807, 2.05) is 6.20 Å². The van der Waals surface area contributed by atoms with Gasteiger partial charge in [-0.1, -0.05) is 30.5 Å². The molecule has 0 bridgehead atoms. The van der Waals surface area contributed by atoms with Crippen molar-refractivity contribution in [2.75, 3.05) is 51.7 Å². The van der Waals surface area contributed by atoms with E-state index in [-0.39, 0.29) is 16.1 Å². The van der Waals surface area contributed by atoms with Crippen LogP contribution >= 0.6 is 11.8 Å². The molecule has 208 valence electrons. The molecule has 0 aliphatic carbocycles. The highest BCUT2D eigenvalue weighted by molar-refractivity contribution is 8.17. The third kappa shape index (κ3) is 6.03. The monoisotopic (exact) mass is 562 g/mol. The lowest BCUT2D eigenvalue weighted by Gasteiger charge is -2.42. The summed E-state index contributed by atoms with van der Waals surface area (Å²) in [6, 6.07) is 7.61. The normalized spacial score (nSPS) is 24.9. The van der Waals surface area contributed by atoms with Crippen molar-refractivity contribution in [3.63, 3.8) is 0 Å². The molecule has 0 spiro atoms. The lowest BCUT2D eigenvalue weighted by Crippen LogP contribution is -2.54. The first-order valence-corrected chi connectivity index (χ1v) is 15.9. The second kappa shape index (κ2) is 11.8. The summed E-state index contributed by atoms with van der Waals surface area (Å²) in [6.07, 6.45) is 6.16. The summed E-state index contributed by atoms with van der Waals surface area (Å²) in [5.41, 5.74) is 2.06. The number of benzene rings is 1. The van der Waals surface area contributed by atoms with Gasteiger partial charge in [0, 0.05) is 64.1 Å². The van der Waals surface area contributed by atoms with E-state index in [1.54, 1.807) is 22.8 Å². The van der Waals surface area contributed by atoms with Gasteiger partial charge in [-0.25, -0.2) is 17.8 Å². The quantitative estimate of drug-likeness (QED) is 0.464. The van der Waals surface area contributed by atoms with Gasteiger partial charge in [-0.2, -0.15) is 4.31 Å². The SMILES string of the molecule is C=C(SCN1CC2CCCN2CC1C)S(=O)(=O)N1CCN(Cc2cncn2C(C)c2ccc(F)cc2)CC1. The number of hydrogen-bond donors (Lipinski definition) is 0. The predicted octanol–water partition coefficient (Wildman–Crippen LogP) is 3.41. The molecule has 0 N–H and O–H groups in total. The molecule has 38 heavy (non-hydrogen) atoms. The van der Waals surface area contributed by atoms with Crippen LogP contribution in [0.1, 0.15) is 44.0 Å². The number of thioether (sulfide) groups is 1. The molecule has 2 aromatic rings. The van der Waals surface area contributed by atoms with Crippen molar-refractivity contribution in [3.8, 4) is 0 Å². The van der Waals surface area contributed by atoms with Crippen LogP contribution in [0, 0.1) is 5.82 Å². The summed E-state index contributed by atoms with van der Waals surface area (Å²) >= 11 is 1.36. The van der Waals surface area contributed by atoms with E-state index in [1.165, 1.54) is 43.3 Å². The lowest BCUT2D eigenvalue weighted by molar-refractivity contribution is 0.0749. The molecular formula is C27H39FN6O2S2. The highest BCUT2D eigenvalue weighted by atomic mass is 32.3.